The van der Waals surface area contributed by atoms with E-state index < -0.39 is 6.09 Å². The Morgan fingerprint density at radius 3 is 2.78 bits per heavy atom. The summed E-state index contributed by atoms with van der Waals surface area (Å²) < 4.78 is 5.16. The number of pyridine rings is 1. The summed E-state index contributed by atoms with van der Waals surface area (Å²) in [6, 6.07) is 7.70. The Bertz CT molecular complexity index is 1250. The lowest BCUT2D eigenvalue weighted by molar-refractivity contribution is 0.178. The van der Waals surface area contributed by atoms with E-state index in [1.54, 1.807) is 6.92 Å². The third-order valence-corrected chi connectivity index (χ3v) is 6.14. The van der Waals surface area contributed by atoms with Gasteiger partial charge in [-0.15, -0.1) is 0 Å². The first-order valence-corrected chi connectivity index (χ1v) is 11.0. The lowest BCUT2D eigenvalue weighted by Gasteiger charge is -2.20. The van der Waals surface area contributed by atoms with Crippen LogP contribution < -0.4 is 15.8 Å². The molecule has 2 N–H and O–H groups in total. The van der Waals surface area contributed by atoms with Crippen LogP contribution in [0.4, 0.5) is 16.7 Å². The summed E-state index contributed by atoms with van der Waals surface area (Å²) in [5.74, 6) is 1.67. The molecule has 1 aliphatic carbocycles. The predicted octanol–water partition coefficient (Wildman–Crippen LogP) is 3.81. The van der Waals surface area contributed by atoms with E-state index in [0.29, 0.717) is 29.9 Å². The number of fused-ring (bicyclic) bond motifs is 1. The third-order valence-electron chi connectivity index (χ3n) is 6.14. The number of benzene rings is 1. The molecule has 0 unspecified atom stereocenters. The second-order valence-corrected chi connectivity index (χ2v) is 8.56. The highest BCUT2D eigenvalue weighted by atomic mass is 16.6. The van der Waals surface area contributed by atoms with Gasteiger partial charge in [-0.25, -0.2) is 9.69 Å². The van der Waals surface area contributed by atoms with Crippen molar-refractivity contribution in [1.82, 2.24) is 19.9 Å². The zero-order chi connectivity index (χ0) is 22.4. The number of aryl methyl sites for hydroxylation is 1. The zero-order valence-corrected chi connectivity index (χ0v) is 18.4. The molecular weight excluding hydrogens is 408 g/mol. The minimum atomic E-state index is -0.459. The Kier molecular flexibility index (Phi) is 5.03. The molecule has 1 amide bonds. The largest absolute Gasteiger partial charge is 0.447 e. The SMILES string of the molecule is CC[C@H]1COC(=O)N1c1nc(C)nc(N[C@@H](C)c2cc3cc(C4CC4)ccc3[nH]c2=O)n1. The average molecular weight is 435 g/mol. The molecule has 2 aliphatic rings. The first-order chi connectivity index (χ1) is 15.4. The molecule has 1 saturated carbocycles. The summed E-state index contributed by atoms with van der Waals surface area (Å²) in [4.78, 5) is 42.5. The van der Waals surface area contributed by atoms with Crippen LogP contribution in [0, 0.1) is 6.92 Å². The number of aromatic nitrogens is 4. The van der Waals surface area contributed by atoms with Crippen molar-refractivity contribution in [1.29, 1.82) is 0 Å². The molecule has 1 saturated heterocycles. The maximum atomic E-state index is 12.7. The fourth-order valence-corrected chi connectivity index (χ4v) is 4.15. The third kappa shape index (κ3) is 3.79. The van der Waals surface area contributed by atoms with Crippen LogP contribution >= 0.6 is 0 Å². The number of carbonyl (C=O) groups excluding carboxylic acids is 1. The van der Waals surface area contributed by atoms with E-state index >= 15 is 0 Å². The molecule has 9 heteroatoms. The number of H-pyrrole nitrogens is 1. The van der Waals surface area contributed by atoms with E-state index in [0.717, 1.165) is 17.3 Å². The molecule has 2 fully saturated rings. The minimum absolute atomic E-state index is 0.112. The van der Waals surface area contributed by atoms with Crippen LogP contribution in [0.2, 0.25) is 0 Å². The van der Waals surface area contributed by atoms with Crippen LogP contribution in [-0.2, 0) is 4.74 Å². The van der Waals surface area contributed by atoms with Gasteiger partial charge in [0.15, 0.2) is 0 Å². The minimum Gasteiger partial charge on any atom is -0.447 e. The van der Waals surface area contributed by atoms with Gasteiger partial charge in [0, 0.05) is 11.1 Å². The molecule has 2 atom stereocenters. The standard InChI is InChI=1S/C23H26N6O3/c1-4-17-11-32-23(31)29(17)22-26-13(3)25-21(28-22)24-12(2)18-10-16-9-15(14-5-6-14)7-8-19(16)27-20(18)30/h7-10,12,14,17H,4-6,11H2,1-3H3,(H,27,30)(H,24,25,26,28)/t12-,17-/m0/s1. The summed E-state index contributed by atoms with van der Waals surface area (Å²) in [6.45, 7) is 5.93. The molecular formula is C23H26N6O3. The number of nitrogens with zero attached hydrogens (tertiary/aromatic N) is 4. The number of nitrogens with one attached hydrogen (secondary N) is 2. The Balaban J connectivity index is 1.44. The Hall–Kier alpha value is -3.49. The Morgan fingerprint density at radius 1 is 1.22 bits per heavy atom. The fourth-order valence-electron chi connectivity index (χ4n) is 4.15. The molecule has 166 valence electrons. The number of cyclic esters (lactones) is 1. The molecule has 2 aromatic heterocycles. The zero-order valence-electron chi connectivity index (χ0n) is 18.4. The summed E-state index contributed by atoms with van der Waals surface area (Å²) >= 11 is 0. The van der Waals surface area contributed by atoms with Crippen molar-refractivity contribution in [3.05, 3.63) is 51.6 Å². The van der Waals surface area contributed by atoms with E-state index in [9.17, 15) is 9.59 Å². The lowest BCUT2D eigenvalue weighted by Crippen LogP contribution is -2.35. The first-order valence-electron chi connectivity index (χ1n) is 11.0. The van der Waals surface area contributed by atoms with Crippen molar-refractivity contribution in [2.75, 3.05) is 16.8 Å². The summed E-state index contributed by atoms with van der Waals surface area (Å²) in [5.41, 5.74) is 2.58. The maximum absolute atomic E-state index is 12.7. The van der Waals surface area contributed by atoms with Gasteiger partial charge in [0.25, 0.3) is 5.56 Å². The number of carbonyl (C=O) groups is 1. The maximum Gasteiger partial charge on any atom is 0.417 e. The molecule has 1 aromatic carbocycles. The second kappa shape index (κ2) is 7.89. The highest BCUT2D eigenvalue weighted by Gasteiger charge is 2.35. The van der Waals surface area contributed by atoms with Gasteiger partial charge in [-0.1, -0.05) is 13.0 Å². The van der Waals surface area contributed by atoms with Crippen molar-refractivity contribution >= 4 is 28.9 Å². The van der Waals surface area contributed by atoms with Gasteiger partial charge >= 0.3 is 6.09 Å². The van der Waals surface area contributed by atoms with Crippen molar-refractivity contribution in [3.63, 3.8) is 0 Å². The van der Waals surface area contributed by atoms with Gasteiger partial charge in [-0.3, -0.25) is 4.79 Å². The van der Waals surface area contributed by atoms with Gasteiger partial charge in [0.1, 0.15) is 12.4 Å². The molecule has 3 heterocycles. The normalized spacial score (nSPS) is 19.3. The van der Waals surface area contributed by atoms with Gasteiger partial charge in [-0.2, -0.15) is 15.0 Å². The number of amides is 1. The van der Waals surface area contributed by atoms with Crippen LogP contribution in [-0.4, -0.2) is 38.7 Å². The Morgan fingerprint density at radius 2 is 2.03 bits per heavy atom. The van der Waals surface area contributed by atoms with Gasteiger partial charge in [-0.05, 0) is 68.2 Å². The summed E-state index contributed by atoms with van der Waals surface area (Å²) in [7, 11) is 0. The van der Waals surface area contributed by atoms with Crippen LogP contribution in [0.3, 0.4) is 0 Å². The van der Waals surface area contributed by atoms with Crippen molar-refractivity contribution in [2.45, 2.75) is 58.0 Å². The van der Waals surface area contributed by atoms with E-state index in [1.165, 1.54) is 23.3 Å². The van der Waals surface area contributed by atoms with Crippen molar-refractivity contribution < 1.29 is 9.53 Å². The molecule has 5 rings (SSSR count). The first kappa shape index (κ1) is 20.4. The van der Waals surface area contributed by atoms with Crippen LogP contribution in [0.1, 0.15) is 62.0 Å². The number of aromatic amines is 1. The van der Waals surface area contributed by atoms with Crippen LogP contribution in [0.15, 0.2) is 29.1 Å². The van der Waals surface area contributed by atoms with Crippen LogP contribution in [0.25, 0.3) is 10.9 Å². The molecule has 0 radical (unpaired) electrons. The number of rotatable bonds is 6. The number of ether oxygens (including phenoxy) is 1. The van der Waals surface area contributed by atoms with Gasteiger partial charge in [0.05, 0.1) is 12.1 Å². The molecule has 1 aliphatic heterocycles. The quantitative estimate of drug-likeness (QED) is 0.606. The molecule has 3 aromatic rings. The molecule has 32 heavy (non-hydrogen) atoms. The van der Waals surface area contributed by atoms with Crippen molar-refractivity contribution in [3.8, 4) is 0 Å². The molecule has 9 nitrogen and oxygen atoms in total. The molecule has 0 bridgehead atoms. The number of hydrogen-bond donors (Lipinski definition) is 2. The lowest BCUT2D eigenvalue weighted by atomic mass is 10.0. The van der Waals surface area contributed by atoms with E-state index in [1.807, 2.05) is 26.0 Å². The smallest absolute Gasteiger partial charge is 0.417 e. The number of hydrogen-bond acceptors (Lipinski definition) is 7. The highest BCUT2D eigenvalue weighted by Crippen LogP contribution is 2.40. The fraction of sp³-hybridized carbons (Fsp3) is 0.435. The summed E-state index contributed by atoms with van der Waals surface area (Å²) in [5, 5.41) is 4.21. The van der Waals surface area contributed by atoms with Crippen molar-refractivity contribution in [2.24, 2.45) is 0 Å². The highest BCUT2D eigenvalue weighted by molar-refractivity contribution is 5.88. The van der Waals surface area contributed by atoms with Crippen LogP contribution in [0.5, 0.6) is 0 Å². The number of anilines is 2. The predicted molar refractivity (Wildman–Crippen MR) is 121 cm³/mol. The summed E-state index contributed by atoms with van der Waals surface area (Å²) in [6.07, 6.45) is 2.72. The average Bonchev–Trinajstić information content (AvgIpc) is 3.54. The second-order valence-electron chi connectivity index (χ2n) is 8.56. The van der Waals surface area contributed by atoms with E-state index in [-0.39, 0.29) is 23.6 Å². The van der Waals surface area contributed by atoms with E-state index in [2.05, 4.69) is 37.4 Å². The van der Waals surface area contributed by atoms with Gasteiger partial charge in [0.2, 0.25) is 11.9 Å². The Labute approximate surface area is 185 Å². The topological polar surface area (TPSA) is 113 Å². The van der Waals surface area contributed by atoms with Gasteiger partial charge < -0.3 is 15.0 Å². The molecule has 0 spiro atoms. The van der Waals surface area contributed by atoms with E-state index in [4.69, 9.17) is 4.74 Å². The monoisotopic (exact) mass is 434 g/mol.